The molecule has 4 amide bonds. The number of hydrogen-bond acceptors (Lipinski definition) is 10. The summed E-state index contributed by atoms with van der Waals surface area (Å²) < 4.78 is 45.2. The zero-order valence-corrected chi connectivity index (χ0v) is 33.7. The first-order valence-electron chi connectivity index (χ1n) is 19.3. The molecule has 3 heterocycles. The van der Waals surface area contributed by atoms with E-state index in [1.807, 2.05) is 43.3 Å². The maximum atomic E-state index is 14.9. The molecule has 2 aliphatic heterocycles. The molecule has 2 aliphatic carbocycles. The SMILES string of the molecule is CC[C@@H]1C[C@@H](C)CC/C=C\[C@@H]2C[C@@]2(C(=O)NS(=O)(=O)C2(C)CC2)NC(=O)[C@@H]2C[C@@H](Oc3nc(OC)cc4ccccc34)CN2C(=O)[C@H]1NC(=O)OC(C)(C)C. The summed E-state index contributed by atoms with van der Waals surface area (Å²) in [4.78, 5) is 62.7. The zero-order chi connectivity index (χ0) is 39.9. The molecule has 1 aromatic carbocycles. The summed E-state index contributed by atoms with van der Waals surface area (Å²) >= 11 is 0. The highest BCUT2D eigenvalue weighted by atomic mass is 32.2. The molecule has 6 rings (SSSR count). The minimum absolute atomic E-state index is 0.0299. The van der Waals surface area contributed by atoms with Gasteiger partial charge in [-0.05, 0) is 89.5 Å². The number of ether oxygens (including phenoxy) is 3. The van der Waals surface area contributed by atoms with Crippen molar-refractivity contribution in [3.05, 3.63) is 42.5 Å². The van der Waals surface area contributed by atoms with Gasteiger partial charge in [-0.2, -0.15) is 4.98 Å². The Balaban J connectivity index is 1.37. The molecule has 7 atom stereocenters. The summed E-state index contributed by atoms with van der Waals surface area (Å²) in [6.45, 7) is 10.8. The van der Waals surface area contributed by atoms with Crippen molar-refractivity contribution in [3.8, 4) is 11.8 Å². The van der Waals surface area contributed by atoms with E-state index in [1.165, 1.54) is 12.0 Å². The van der Waals surface area contributed by atoms with Crippen molar-refractivity contribution < 1.29 is 41.8 Å². The van der Waals surface area contributed by atoms with Gasteiger partial charge in [0.2, 0.25) is 33.6 Å². The van der Waals surface area contributed by atoms with E-state index in [4.69, 9.17) is 14.2 Å². The van der Waals surface area contributed by atoms with Crippen molar-refractivity contribution >= 4 is 44.6 Å². The third-order valence-corrected chi connectivity index (χ3v) is 13.6. The predicted octanol–water partition coefficient (Wildman–Crippen LogP) is 4.76. The first-order chi connectivity index (χ1) is 25.9. The number of allylic oxidation sites excluding steroid dienone is 1. The molecule has 0 radical (unpaired) electrons. The van der Waals surface area contributed by atoms with Crippen molar-refractivity contribution in [2.75, 3.05) is 13.7 Å². The van der Waals surface area contributed by atoms with Gasteiger partial charge in [0.1, 0.15) is 29.3 Å². The van der Waals surface area contributed by atoms with Gasteiger partial charge in [-0.15, -0.1) is 0 Å². The molecular weight excluding hydrogens is 727 g/mol. The number of nitrogens with zero attached hydrogens (tertiary/aromatic N) is 2. The maximum absolute atomic E-state index is 14.9. The number of carbonyl (C=O) groups is 4. The molecule has 2 saturated carbocycles. The molecule has 55 heavy (non-hydrogen) atoms. The standard InChI is InChI=1S/C40H55N5O9S/c1-8-25-19-24(2)13-9-11-15-27-22-40(27,36(48)44-55(50,51)39(6)17-18-39)43-33(46)30-21-28(23-45(30)35(47)32(25)42-37(49)54-38(3,4)5)53-34-29-16-12-10-14-26(29)20-31(41-34)52-7/h10-12,14-16,20,24-25,27-28,30,32H,8-9,13,17-19,21-23H2,1-7H3,(H,42,49)(H,43,46)(H,44,48)/b15-11-/t24-,25+,27+,28+,30-,32-,40+/m0/s1. The summed E-state index contributed by atoms with van der Waals surface area (Å²) in [6.07, 6.45) is 6.11. The number of amides is 4. The number of alkyl carbamates (subject to hydrolysis) is 1. The highest BCUT2D eigenvalue weighted by molar-refractivity contribution is 7.91. The monoisotopic (exact) mass is 781 g/mol. The second-order valence-electron chi connectivity index (χ2n) is 17.0. The average Bonchev–Trinajstić information content (AvgIpc) is 4.00. The number of carbonyl (C=O) groups excluding carboxylic acids is 4. The van der Waals surface area contributed by atoms with Gasteiger partial charge >= 0.3 is 6.09 Å². The second kappa shape index (κ2) is 15.3. The van der Waals surface area contributed by atoms with Gasteiger partial charge in [0.15, 0.2) is 0 Å². The van der Waals surface area contributed by atoms with Gasteiger partial charge in [-0.3, -0.25) is 19.1 Å². The Hall–Kier alpha value is -4.40. The summed E-state index contributed by atoms with van der Waals surface area (Å²) in [5, 5.41) is 7.31. The molecule has 3 N–H and O–H groups in total. The summed E-state index contributed by atoms with van der Waals surface area (Å²) in [5.41, 5.74) is -2.36. The lowest BCUT2D eigenvalue weighted by Crippen LogP contribution is -2.59. The van der Waals surface area contributed by atoms with Crippen LogP contribution < -0.4 is 24.8 Å². The Bertz CT molecular complexity index is 1960. The van der Waals surface area contributed by atoms with E-state index < -0.39 is 73.8 Å². The number of methoxy groups -OCH3 is 1. The van der Waals surface area contributed by atoms with Crippen LogP contribution in [0.25, 0.3) is 10.8 Å². The first-order valence-corrected chi connectivity index (χ1v) is 20.8. The third-order valence-electron chi connectivity index (χ3n) is 11.4. The van der Waals surface area contributed by atoms with Crippen LogP contribution in [0.3, 0.4) is 0 Å². The van der Waals surface area contributed by atoms with E-state index in [0.717, 1.165) is 11.8 Å². The largest absolute Gasteiger partial charge is 0.481 e. The van der Waals surface area contributed by atoms with Crippen molar-refractivity contribution in [3.63, 3.8) is 0 Å². The van der Waals surface area contributed by atoms with Crippen LogP contribution in [0.15, 0.2) is 42.5 Å². The minimum atomic E-state index is -4.00. The molecule has 1 saturated heterocycles. The fourth-order valence-corrected chi connectivity index (χ4v) is 9.06. The van der Waals surface area contributed by atoms with E-state index in [9.17, 15) is 27.6 Å². The first kappa shape index (κ1) is 40.3. The second-order valence-corrected chi connectivity index (χ2v) is 19.2. The Morgan fingerprint density at radius 3 is 2.53 bits per heavy atom. The van der Waals surface area contributed by atoms with Crippen LogP contribution in [0.4, 0.5) is 4.79 Å². The van der Waals surface area contributed by atoms with E-state index in [0.29, 0.717) is 43.4 Å². The highest BCUT2D eigenvalue weighted by Crippen LogP contribution is 2.47. The fourth-order valence-electron chi connectivity index (χ4n) is 7.75. The van der Waals surface area contributed by atoms with Gasteiger partial charge in [0.05, 0.1) is 18.4 Å². The van der Waals surface area contributed by atoms with Crippen LogP contribution in [0.5, 0.6) is 11.8 Å². The van der Waals surface area contributed by atoms with E-state index >= 15 is 0 Å². The lowest BCUT2D eigenvalue weighted by molar-refractivity contribution is -0.142. The Labute approximate surface area is 323 Å². The normalized spacial score (nSPS) is 30.1. The van der Waals surface area contributed by atoms with Crippen LogP contribution in [-0.2, 0) is 29.1 Å². The van der Waals surface area contributed by atoms with E-state index in [-0.39, 0.29) is 37.1 Å². The lowest BCUT2D eigenvalue weighted by Gasteiger charge is -2.34. The van der Waals surface area contributed by atoms with Crippen LogP contribution in [0, 0.1) is 17.8 Å². The molecule has 14 nitrogen and oxygen atoms in total. The van der Waals surface area contributed by atoms with E-state index in [2.05, 4.69) is 27.3 Å². The van der Waals surface area contributed by atoms with Gasteiger partial charge in [-0.25, -0.2) is 13.2 Å². The Kier molecular flexibility index (Phi) is 11.2. The third kappa shape index (κ3) is 8.71. The lowest BCUT2D eigenvalue weighted by atomic mass is 9.85. The molecule has 4 aliphatic rings. The molecule has 1 aromatic heterocycles. The minimum Gasteiger partial charge on any atom is -0.481 e. The number of aromatic nitrogens is 1. The number of pyridine rings is 1. The molecule has 0 spiro atoms. The van der Waals surface area contributed by atoms with Crippen molar-refractivity contribution in [1.82, 2.24) is 25.2 Å². The number of sulfonamides is 1. The quantitative estimate of drug-likeness (QED) is 0.316. The van der Waals surface area contributed by atoms with Crippen LogP contribution in [0.1, 0.15) is 92.9 Å². The summed E-state index contributed by atoms with van der Waals surface area (Å²) in [7, 11) is -2.50. The smallest absolute Gasteiger partial charge is 0.408 e. The number of rotatable bonds is 8. The molecule has 3 fully saturated rings. The highest BCUT2D eigenvalue weighted by Gasteiger charge is 2.63. The summed E-state index contributed by atoms with van der Waals surface area (Å²) in [6, 6.07) is 7.10. The van der Waals surface area contributed by atoms with Crippen LogP contribution >= 0.6 is 0 Å². The fraction of sp³-hybridized carbons (Fsp3) is 0.625. The van der Waals surface area contributed by atoms with Crippen molar-refractivity contribution in [1.29, 1.82) is 0 Å². The van der Waals surface area contributed by atoms with Crippen molar-refractivity contribution in [2.24, 2.45) is 17.8 Å². The predicted molar refractivity (Wildman–Crippen MR) is 206 cm³/mol. The number of hydrogen-bond donors (Lipinski definition) is 3. The zero-order valence-electron chi connectivity index (χ0n) is 32.8. The number of fused-ring (bicyclic) bond motifs is 3. The molecule has 15 heteroatoms. The summed E-state index contributed by atoms with van der Waals surface area (Å²) in [5.74, 6) is -1.91. The Morgan fingerprint density at radius 2 is 1.85 bits per heavy atom. The number of nitrogens with one attached hydrogen (secondary N) is 3. The van der Waals surface area contributed by atoms with Gasteiger partial charge in [0, 0.05) is 23.8 Å². The van der Waals surface area contributed by atoms with Crippen LogP contribution in [-0.4, -0.2) is 89.8 Å². The van der Waals surface area contributed by atoms with Crippen molar-refractivity contribution in [2.45, 2.75) is 127 Å². The molecule has 0 bridgehead atoms. The molecular formula is C40H55N5O9S. The Morgan fingerprint density at radius 1 is 1.13 bits per heavy atom. The molecule has 2 aromatic rings. The van der Waals surface area contributed by atoms with Crippen LogP contribution in [0.2, 0.25) is 0 Å². The molecule has 300 valence electrons. The van der Waals surface area contributed by atoms with Gasteiger partial charge < -0.3 is 29.7 Å². The maximum Gasteiger partial charge on any atom is 0.408 e. The average molecular weight is 782 g/mol. The topological polar surface area (TPSA) is 182 Å². The van der Waals surface area contributed by atoms with E-state index in [1.54, 1.807) is 33.8 Å². The van der Waals surface area contributed by atoms with Gasteiger partial charge in [0.25, 0.3) is 5.91 Å². The van der Waals surface area contributed by atoms with Gasteiger partial charge in [-0.1, -0.05) is 50.6 Å². The molecule has 0 unspecified atom stereocenters. The number of benzene rings is 1.